The lowest BCUT2D eigenvalue weighted by atomic mass is 9.95. The SMILES string of the molecule is CN=C(NCc1ccccc1CN1CCOCC1)N1CCCC(CC(N)=O)C1.I. The second kappa shape index (κ2) is 12.3. The third-order valence-corrected chi connectivity index (χ3v) is 5.57. The molecule has 1 atom stereocenters. The molecular weight excluding hydrogens is 481 g/mol. The Kier molecular flexibility index (Phi) is 10.2. The lowest BCUT2D eigenvalue weighted by Gasteiger charge is -2.34. The summed E-state index contributed by atoms with van der Waals surface area (Å²) >= 11 is 0. The van der Waals surface area contributed by atoms with Crippen molar-refractivity contribution in [2.45, 2.75) is 32.4 Å². The summed E-state index contributed by atoms with van der Waals surface area (Å²) in [6.45, 7) is 7.08. The summed E-state index contributed by atoms with van der Waals surface area (Å²) in [5.41, 5.74) is 8.03. The highest BCUT2D eigenvalue weighted by atomic mass is 127. The van der Waals surface area contributed by atoms with Crippen LogP contribution in [0.4, 0.5) is 0 Å². The summed E-state index contributed by atoms with van der Waals surface area (Å²) in [5.74, 6) is 1.00. The largest absolute Gasteiger partial charge is 0.379 e. The predicted molar refractivity (Wildman–Crippen MR) is 126 cm³/mol. The van der Waals surface area contributed by atoms with Crippen LogP contribution in [0, 0.1) is 5.92 Å². The fourth-order valence-electron chi connectivity index (χ4n) is 4.10. The number of halogens is 1. The van der Waals surface area contributed by atoms with Gasteiger partial charge in [0.2, 0.25) is 5.91 Å². The molecule has 0 aromatic heterocycles. The lowest BCUT2D eigenvalue weighted by Crippen LogP contribution is -2.47. The van der Waals surface area contributed by atoms with Gasteiger partial charge >= 0.3 is 0 Å². The molecule has 0 aliphatic carbocycles. The van der Waals surface area contributed by atoms with Crippen molar-refractivity contribution in [2.75, 3.05) is 46.4 Å². The molecule has 162 valence electrons. The van der Waals surface area contributed by atoms with E-state index in [0.29, 0.717) is 12.3 Å². The van der Waals surface area contributed by atoms with Crippen molar-refractivity contribution in [3.63, 3.8) is 0 Å². The first-order chi connectivity index (χ1) is 13.7. The van der Waals surface area contributed by atoms with Gasteiger partial charge in [-0.15, -0.1) is 24.0 Å². The molecule has 2 saturated heterocycles. The van der Waals surface area contributed by atoms with E-state index in [9.17, 15) is 4.79 Å². The maximum atomic E-state index is 11.3. The van der Waals surface area contributed by atoms with Gasteiger partial charge in [0, 0.05) is 52.7 Å². The molecule has 2 fully saturated rings. The molecule has 1 unspecified atom stereocenters. The summed E-state index contributed by atoms with van der Waals surface area (Å²) in [4.78, 5) is 20.4. The Labute approximate surface area is 191 Å². The molecule has 2 heterocycles. The number of nitrogens with one attached hydrogen (secondary N) is 1. The van der Waals surface area contributed by atoms with Crippen LogP contribution in [0.15, 0.2) is 29.3 Å². The van der Waals surface area contributed by atoms with Crippen molar-refractivity contribution in [3.05, 3.63) is 35.4 Å². The van der Waals surface area contributed by atoms with Crippen LogP contribution in [0.2, 0.25) is 0 Å². The van der Waals surface area contributed by atoms with Gasteiger partial charge in [-0.05, 0) is 29.9 Å². The molecule has 1 aromatic carbocycles. The molecule has 0 saturated carbocycles. The highest BCUT2D eigenvalue weighted by molar-refractivity contribution is 14.0. The number of piperidine rings is 1. The smallest absolute Gasteiger partial charge is 0.217 e. The zero-order chi connectivity index (χ0) is 19.8. The van der Waals surface area contributed by atoms with Crippen molar-refractivity contribution >= 4 is 35.8 Å². The van der Waals surface area contributed by atoms with Gasteiger partial charge in [0.1, 0.15) is 0 Å². The number of carbonyl (C=O) groups is 1. The summed E-state index contributed by atoms with van der Waals surface area (Å²) < 4.78 is 5.46. The van der Waals surface area contributed by atoms with Gasteiger partial charge in [-0.3, -0.25) is 14.7 Å². The third kappa shape index (κ3) is 7.42. The van der Waals surface area contributed by atoms with Crippen LogP contribution in [-0.2, 0) is 22.6 Å². The summed E-state index contributed by atoms with van der Waals surface area (Å²) in [6.07, 6.45) is 2.57. The zero-order valence-corrected chi connectivity index (χ0v) is 19.6. The van der Waals surface area contributed by atoms with Gasteiger partial charge in [0.15, 0.2) is 5.96 Å². The number of likely N-dealkylation sites (tertiary alicyclic amines) is 1. The average Bonchev–Trinajstić information content (AvgIpc) is 2.70. The molecule has 3 rings (SSSR count). The first-order valence-electron chi connectivity index (χ1n) is 10.3. The molecule has 29 heavy (non-hydrogen) atoms. The molecular formula is C21H34IN5O2. The predicted octanol–water partition coefficient (Wildman–Crippen LogP) is 1.80. The van der Waals surface area contributed by atoms with Gasteiger partial charge < -0.3 is 20.7 Å². The van der Waals surface area contributed by atoms with Crippen LogP contribution < -0.4 is 11.1 Å². The van der Waals surface area contributed by atoms with Gasteiger partial charge in [-0.1, -0.05) is 24.3 Å². The summed E-state index contributed by atoms with van der Waals surface area (Å²) in [5, 5.41) is 3.52. The summed E-state index contributed by atoms with van der Waals surface area (Å²) in [7, 11) is 1.82. The van der Waals surface area contributed by atoms with E-state index in [0.717, 1.165) is 71.3 Å². The number of rotatable bonds is 6. The molecule has 0 radical (unpaired) electrons. The lowest BCUT2D eigenvalue weighted by molar-refractivity contribution is -0.119. The molecule has 2 aliphatic heterocycles. The number of nitrogens with zero attached hydrogens (tertiary/aromatic N) is 3. The second-order valence-corrected chi connectivity index (χ2v) is 7.68. The average molecular weight is 515 g/mol. The van der Waals surface area contributed by atoms with E-state index in [4.69, 9.17) is 10.5 Å². The van der Waals surface area contributed by atoms with Gasteiger partial charge in [-0.2, -0.15) is 0 Å². The van der Waals surface area contributed by atoms with E-state index < -0.39 is 0 Å². The minimum Gasteiger partial charge on any atom is -0.379 e. The first-order valence-corrected chi connectivity index (χ1v) is 10.3. The Morgan fingerprint density at radius 1 is 1.24 bits per heavy atom. The Balaban J connectivity index is 0.00000300. The monoisotopic (exact) mass is 515 g/mol. The van der Waals surface area contributed by atoms with Crippen molar-refractivity contribution < 1.29 is 9.53 Å². The number of hydrogen-bond acceptors (Lipinski definition) is 4. The maximum absolute atomic E-state index is 11.3. The Morgan fingerprint density at radius 3 is 2.66 bits per heavy atom. The number of hydrogen-bond donors (Lipinski definition) is 2. The number of carbonyl (C=O) groups excluding carboxylic acids is 1. The van der Waals surface area contributed by atoms with Crippen LogP contribution in [0.25, 0.3) is 0 Å². The molecule has 1 amide bonds. The Hall–Kier alpha value is -1.39. The number of aliphatic imine (C=N–C) groups is 1. The zero-order valence-electron chi connectivity index (χ0n) is 17.3. The molecule has 3 N–H and O–H groups in total. The van der Waals surface area contributed by atoms with Crippen LogP contribution in [-0.4, -0.2) is 68.1 Å². The molecule has 0 bridgehead atoms. The van der Waals surface area contributed by atoms with Gasteiger partial charge in [0.25, 0.3) is 0 Å². The molecule has 1 aromatic rings. The van der Waals surface area contributed by atoms with Crippen LogP contribution >= 0.6 is 24.0 Å². The van der Waals surface area contributed by atoms with Crippen molar-refractivity contribution in [2.24, 2.45) is 16.6 Å². The van der Waals surface area contributed by atoms with Crippen molar-refractivity contribution in [1.82, 2.24) is 15.1 Å². The van der Waals surface area contributed by atoms with Crippen LogP contribution in [0.1, 0.15) is 30.4 Å². The summed E-state index contributed by atoms with van der Waals surface area (Å²) in [6, 6.07) is 8.58. The van der Waals surface area contributed by atoms with E-state index in [2.05, 4.69) is 44.4 Å². The first kappa shape index (κ1) is 23.9. The van der Waals surface area contributed by atoms with E-state index in [1.807, 2.05) is 7.05 Å². The number of nitrogens with two attached hydrogens (primary N) is 1. The van der Waals surface area contributed by atoms with E-state index in [1.54, 1.807) is 0 Å². The molecule has 7 nitrogen and oxygen atoms in total. The molecule has 8 heteroatoms. The quantitative estimate of drug-likeness (QED) is 0.343. The fraction of sp³-hybridized carbons (Fsp3) is 0.619. The minimum atomic E-state index is -0.216. The van der Waals surface area contributed by atoms with Gasteiger partial charge in [0.05, 0.1) is 13.2 Å². The number of morpholine rings is 1. The normalized spacial score (nSPS) is 20.8. The second-order valence-electron chi connectivity index (χ2n) is 7.68. The number of amides is 1. The van der Waals surface area contributed by atoms with Crippen molar-refractivity contribution in [3.8, 4) is 0 Å². The molecule has 0 spiro atoms. The van der Waals surface area contributed by atoms with Crippen molar-refractivity contribution in [1.29, 1.82) is 0 Å². The number of ether oxygens (including phenoxy) is 1. The minimum absolute atomic E-state index is 0. The number of benzene rings is 1. The van der Waals surface area contributed by atoms with E-state index >= 15 is 0 Å². The Morgan fingerprint density at radius 2 is 1.97 bits per heavy atom. The fourth-order valence-corrected chi connectivity index (χ4v) is 4.10. The topological polar surface area (TPSA) is 83.2 Å². The number of guanidine groups is 1. The van der Waals surface area contributed by atoms with Gasteiger partial charge in [-0.25, -0.2) is 0 Å². The number of primary amides is 1. The Bertz CT molecular complexity index is 679. The highest BCUT2D eigenvalue weighted by Gasteiger charge is 2.23. The van der Waals surface area contributed by atoms with Crippen LogP contribution in [0.5, 0.6) is 0 Å². The maximum Gasteiger partial charge on any atom is 0.217 e. The van der Waals surface area contributed by atoms with E-state index in [-0.39, 0.29) is 29.9 Å². The standard InChI is InChI=1S/C21H33N5O2.HI/c1-23-21(26-8-4-5-17(15-26)13-20(22)27)24-14-18-6-2-3-7-19(18)16-25-9-11-28-12-10-25;/h2-3,6-7,17H,4-5,8-16H2,1H3,(H2,22,27)(H,23,24);1H. The highest BCUT2D eigenvalue weighted by Crippen LogP contribution is 2.20. The van der Waals surface area contributed by atoms with E-state index in [1.165, 1.54) is 11.1 Å². The third-order valence-electron chi connectivity index (χ3n) is 5.57. The molecule has 2 aliphatic rings. The van der Waals surface area contributed by atoms with Crippen LogP contribution in [0.3, 0.4) is 0 Å².